The maximum Gasteiger partial charge on any atom is 0.217 e. The quantitative estimate of drug-likeness (QED) is 0.622. The molecule has 3 heteroatoms. The molecule has 0 radical (unpaired) electrons. The number of benzene rings is 1. The third-order valence-electron chi connectivity index (χ3n) is 3.51. The van der Waals surface area contributed by atoms with E-state index in [1.54, 1.807) is 0 Å². The Morgan fingerprint density at radius 1 is 1.05 bits per heavy atom. The Balaban J connectivity index is 2.29. The van der Waals surface area contributed by atoms with Gasteiger partial charge in [0.05, 0.1) is 0 Å². The minimum Gasteiger partial charge on any atom is -0.378 e. The van der Waals surface area contributed by atoms with E-state index in [1.165, 1.54) is 11.4 Å². The summed E-state index contributed by atoms with van der Waals surface area (Å²) >= 11 is 0. The first-order valence-electron chi connectivity index (χ1n) is 7.32. The Morgan fingerprint density at radius 2 is 1.71 bits per heavy atom. The number of hydrogen-bond donors (Lipinski definition) is 0. The van der Waals surface area contributed by atoms with E-state index in [-0.39, 0.29) is 0 Å². The van der Waals surface area contributed by atoms with Crippen LogP contribution in [0.5, 0.6) is 0 Å². The van der Waals surface area contributed by atoms with Crippen LogP contribution in [0.3, 0.4) is 0 Å². The number of anilines is 1. The Kier molecular flexibility index (Phi) is 4.73. The van der Waals surface area contributed by atoms with Crippen molar-refractivity contribution < 1.29 is 4.68 Å². The van der Waals surface area contributed by atoms with Crippen LogP contribution in [-0.4, -0.2) is 20.3 Å². The first kappa shape index (κ1) is 15.2. The zero-order chi connectivity index (χ0) is 15.4. The van der Waals surface area contributed by atoms with E-state index in [4.69, 9.17) is 0 Å². The first-order valence-corrected chi connectivity index (χ1v) is 7.32. The van der Waals surface area contributed by atoms with Crippen LogP contribution in [0.15, 0.2) is 47.6 Å². The molecule has 2 aromatic rings. The van der Waals surface area contributed by atoms with Crippen molar-refractivity contribution in [1.82, 2.24) is 0 Å². The maximum absolute atomic E-state index is 4.65. The van der Waals surface area contributed by atoms with E-state index in [9.17, 15) is 0 Å². The van der Waals surface area contributed by atoms with Gasteiger partial charge in [-0.2, -0.15) is 0 Å². The van der Waals surface area contributed by atoms with Gasteiger partial charge in [0.1, 0.15) is 6.21 Å². The number of pyridine rings is 1. The molecule has 0 atom stereocenters. The summed E-state index contributed by atoms with van der Waals surface area (Å²) < 4.78 is 2.02. The molecule has 0 amide bonds. The molecule has 0 spiro atoms. The molecule has 0 saturated heterocycles. The van der Waals surface area contributed by atoms with E-state index in [0.717, 1.165) is 11.3 Å². The molecule has 2 rings (SSSR count). The molecule has 1 aromatic carbocycles. The first-order chi connectivity index (χ1) is 9.99. The Bertz CT molecular complexity index is 625. The van der Waals surface area contributed by atoms with Gasteiger partial charge < -0.3 is 4.90 Å². The summed E-state index contributed by atoms with van der Waals surface area (Å²) in [5, 5.41) is 4.65. The monoisotopic (exact) mass is 282 g/mol. The standard InChI is InChI=1S/C18H24N3/c1-14(2)18-8-6-7-15(3)21(18)19-13-16-9-11-17(12-10-16)20(4)5/h6-14H,1-5H3/q+1/b19-13+. The van der Waals surface area contributed by atoms with Crippen LogP contribution in [0.2, 0.25) is 0 Å². The number of aromatic nitrogens is 1. The lowest BCUT2D eigenvalue weighted by atomic mass is 10.1. The van der Waals surface area contributed by atoms with Crippen LogP contribution in [0.4, 0.5) is 5.69 Å². The summed E-state index contributed by atoms with van der Waals surface area (Å²) in [6.07, 6.45) is 1.92. The summed E-state index contributed by atoms with van der Waals surface area (Å²) in [7, 11) is 4.09. The van der Waals surface area contributed by atoms with E-state index >= 15 is 0 Å². The molecule has 0 aliphatic heterocycles. The van der Waals surface area contributed by atoms with Crippen molar-refractivity contribution in [3.05, 3.63) is 59.4 Å². The van der Waals surface area contributed by atoms with Gasteiger partial charge in [0.2, 0.25) is 11.4 Å². The van der Waals surface area contributed by atoms with Gasteiger partial charge >= 0.3 is 0 Å². The molecule has 1 heterocycles. The Hall–Kier alpha value is -2.16. The van der Waals surface area contributed by atoms with Crippen molar-refractivity contribution >= 4 is 11.9 Å². The van der Waals surface area contributed by atoms with Gasteiger partial charge in [-0.1, -0.05) is 30.7 Å². The van der Waals surface area contributed by atoms with Gasteiger partial charge in [0, 0.05) is 44.8 Å². The minimum atomic E-state index is 0.443. The van der Waals surface area contributed by atoms with Crippen LogP contribution in [0, 0.1) is 6.92 Å². The summed E-state index contributed by atoms with van der Waals surface area (Å²) in [6.45, 7) is 6.46. The molecule has 0 aliphatic carbocycles. The van der Waals surface area contributed by atoms with Crippen LogP contribution < -0.4 is 9.58 Å². The Labute approximate surface area is 127 Å². The number of aryl methyl sites for hydroxylation is 1. The van der Waals surface area contributed by atoms with E-state index in [2.05, 4.69) is 73.2 Å². The van der Waals surface area contributed by atoms with E-state index in [1.807, 2.05) is 25.0 Å². The summed E-state index contributed by atoms with van der Waals surface area (Å²) in [5.74, 6) is 0.443. The smallest absolute Gasteiger partial charge is 0.217 e. The molecule has 0 N–H and O–H groups in total. The van der Waals surface area contributed by atoms with Crippen LogP contribution in [0.25, 0.3) is 0 Å². The minimum absolute atomic E-state index is 0.443. The third kappa shape index (κ3) is 3.69. The maximum atomic E-state index is 4.65. The molecule has 3 nitrogen and oxygen atoms in total. The zero-order valence-electron chi connectivity index (χ0n) is 13.5. The van der Waals surface area contributed by atoms with Crippen molar-refractivity contribution in [1.29, 1.82) is 0 Å². The van der Waals surface area contributed by atoms with Crippen molar-refractivity contribution in [3.8, 4) is 0 Å². The SMILES string of the molecule is Cc1cccc(C(C)C)[n+]1/N=C/c1ccc(N(C)C)cc1. The molecule has 0 unspecified atom stereocenters. The highest BCUT2D eigenvalue weighted by Crippen LogP contribution is 2.12. The second-order valence-electron chi connectivity index (χ2n) is 5.79. The van der Waals surface area contributed by atoms with Gasteiger partial charge in [-0.3, -0.25) is 0 Å². The van der Waals surface area contributed by atoms with Gasteiger partial charge in [-0.05, 0) is 28.9 Å². The topological polar surface area (TPSA) is 19.5 Å². The van der Waals surface area contributed by atoms with Crippen molar-refractivity contribution in [2.45, 2.75) is 26.7 Å². The lowest BCUT2D eigenvalue weighted by Gasteiger charge is -2.11. The van der Waals surface area contributed by atoms with Crippen LogP contribution in [-0.2, 0) is 0 Å². The predicted octanol–water partition coefficient (Wildman–Crippen LogP) is 3.35. The largest absolute Gasteiger partial charge is 0.378 e. The van der Waals surface area contributed by atoms with Crippen molar-refractivity contribution in [3.63, 3.8) is 0 Å². The highest BCUT2D eigenvalue weighted by Gasteiger charge is 2.16. The molecule has 1 aromatic heterocycles. The van der Waals surface area contributed by atoms with Crippen molar-refractivity contribution in [2.24, 2.45) is 5.10 Å². The van der Waals surface area contributed by atoms with Gasteiger partial charge in [0.15, 0.2) is 0 Å². The molecule has 110 valence electrons. The van der Waals surface area contributed by atoms with Crippen LogP contribution >= 0.6 is 0 Å². The fourth-order valence-corrected chi connectivity index (χ4v) is 2.21. The molecule has 0 bridgehead atoms. The zero-order valence-corrected chi connectivity index (χ0v) is 13.5. The predicted molar refractivity (Wildman–Crippen MR) is 89.2 cm³/mol. The second kappa shape index (κ2) is 6.53. The molecule has 0 aliphatic rings. The fraction of sp³-hybridized carbons (Fsp3) is 0.333. The highest BCUT2D eigenvalue weighted by atomic mass is 15.3. The highest BCUT2D eigenvalue weighted by molar-refractivity contribution is 5.79. The van der Waals surface area contributed by atoms with Gasteiger partial charge in [-0.15, -0.1) is 0 Å². The summed E-state index contributed by atoms with van der Waals surface area (Å²) in [4.78, 5) is 2.09. The van der Waals surface area contributed by atoms with Gasteiger partial charge in [-0.25, -0.2) is 0 Å². The summed E-state index contributed by atoms with van der Waals surface area (Å²) in [5.41, 5.74) is 4.66. The Morgan fingerprint density at radius 3 is 2.29 bits per heavy atom. The average molecular weight is 282 g/mol. The molecule has 0 fully saturated rings. The summed E-state index contributed by atoms with van der Waals surface area (Å²) in [6, 6.07) is 14.7. The average Bonchev–Trinajstić information content (AvgIpc) is 2.46. The van der Waals surface area contributed by atoms with Crippen LogP contribution in [0.1, 0.15) is 36.7 Å². The molecule has 0 saturated carbocycles. The number of nitrogens with zero attached hydrogens (tertiary/aromatic N) is 3. The van der Waals surface area contributed by atoms with E-state index in [0.29, 0.717) is 5.92 Å². The second-order valence-corrected chi connectivity index (χ2v) is 5.79. The number of rotatable bonds is 4. The molecular formula is C18H24N3+. The lowest BCUT2D eigenvalue weighted by Crippen LogP contribution is -2.37. The van der Waals surface area contributed by atoms with Gasteiger partial charge in [0.25, 0.3) is 0 Å². The molecular weight excluding hydrogens is 258 g/mol. The molecule has 21 heavy (non-hydrogen) atoms. The van der Waals surface area contributed by atoms with E-state index < -0.39 is 0 Å². The number of hydrogen-bond acceptors (Lipinski definition) is 2. The normalized spacial score (nSPS) is 11.3. The third-order valence-corrected chi connectivity index (χ3v) is 3.51. The fourth-order valence-electron chi connectivity index (χ4n) is 2.21. The lowest BCUT2D eigenvalue weighted by molar-refractivity contribution is -0.692. The van der Waals surface area contributed by atoms with Crippen molar-refractivity contribution in [2.75, 3.05) is 19.0 Å².